The lowest BCUT2D eigenvalue weighted by atomic mass is 10.3. The Morgan fingerprint density at radius 3 is 3.18 bits per heavy atom. The first-order valence-corrected chi connectivity index (χ1v) is 3.85. The van der Waals surface area contributed by atoms with Crippen molar-refractivity contribution >= 4 is 26.8 Å². The summed E-state index contributed by atoms with van der Waals surface area (Å²) in [5.41, 5.74) is 0.714. The lowest BCUT2D eigenvalue weighted by Gasteiger charge is -1.93. The summed E-state index contributed by atoms with van der Waals surface area (Å²) in [6.45, 7) is 0. The van der Waals surface area contributed by atoms with Crippen LogP contribution in [0, 0.1) is 5.82 Å². The number of nitrogens with one attached hydrogen (secondary N) is 1. The Kier molecular flexibility index (Phi) is 1.42. The average Bonchev–Trinajstić information content (AvgIpc) is 2.45. The van der Waals surface area contributed by atoms with Crippen LogP contribution >= 0.6 is 15.9 Å². The van der Waals surface area contributed by atoms with Crippen molar-refractivity contribution in [2.45, 2.75) is 0 Å². The Morgan fingerprint density at radius 2 is 2.36 bits per heavy atom. The maximum absolute atomic E-state index is 13.1. The standard InChI is InChI=1S/C7H4BrFN2/c8-7-6(9)4-1-2-10-5(4)3-11-7/h1-3,10H. The molecular weight excluding hydrogens is 211 g/mol. The van der Waals surface area contributed by atoms with Gasteiger partial charge in [-0.05, 0) is 22.0 Å². The van der Waals surface area contributed by atoms with Crippen LogP contribution in [0.25, 0.3) is 10.9 Å². The van der Waals surface area contributed by atoms with Gasteiger partial charge in [0.05, 0.1) is 11.7 Å². The third kappa shape index (κ3) is 0.939. The second kappa shape index (κ2) is 2.30. The van der Waals surface area contributed by atoms with E-state index in [1.54, 1.807) is 18.5 Å². The molecule has 2 nitrogen and oxygen atoms in total. The van der Waals surface area contributed by atoms with E-state index in [0.717, 1.165) is 0 Å². The van der Waals surface area contributed by atoms with E-state index in [2.05, 4.69) is 25.9 Å². The van der Waals surface area contributed by atoms with Gasteiger partial charge >= 0.3 is 0 Å². The zero-order chi connectivity index (χ0) is 7.84. The van der Waals surface area contributed by atoms with Gasteiger partial charge in [-0.1, -0.05) is 0 Å². The van der Waals surface area contributed by atoms with Gasteiger partial charge in [0.2, 0.25) is 0 Å². The van der Waals surface area contributed by atoms with E-state index < -0.39 is 0 Å². The largest absolute Gasteiger partial charge is 0.360 e. The zero-order valence-corrected chi connectivity index (χ0v) is 7.02. The van der Waals surface area contributed by atoms with Crippen LogP contribution in [0.2, 0.25) is 0 Å². The fourth-order valence-corrected chi connectivity index (χ4v) is 1.29. The summed E-state index contributed by atoms with van der Waals surface area (Å²) in [4.78, 5) is 6.65. The minimum absolute atomic E-state index is 0.254. The Balaban J connectivity index is 2.93. The molecule has 0 saturated heterocycles. The molecule has 2 aromatic heterocycles. The van der Waals surface area contributed by atoms with Gasteiger partial charge in [-0.25, -0.2) is 9.37 Å². The second-order valence-electron chi connectivity index (χ2n) is 2.17. The number of rotatable bonds is 0. The van der Waals surface area contributed by atoms with Crippen molar-refractivity contribution in [1.82, 2.24) is 9.97 Å². The lowest BCUT2D eigenvalue weighted by molar-refractivity contribution is 0.626. The lowest BCUT2D eigenvalue weighted by Crippen LogP contribution is -1.82. The van der Waals surface area contributed by atoms with Gasteiger partial charge in [-0.3, -0.25) is 0 Å². The molecule has 2 heterocycles. The quantitative estimate of drug-likeness (QED) is 0.671. The van der Waals surface area contributed by atoms with Crippen molar-refractivity contribution < 1.29 is 4.39 Å². The highest BCUT2D eigenvalue weighted by Crippen LogP contribution is 2.20. The van der Waals surface area contributed by atoms with Gasteiger partial charge < -0.3 is 4.98 Å². The van der Waals surface area contributed by atoms with E-state index in [9.17, 15) is 4.39 Å². The normalized spacial score (nSPS) is 10.7. The van der Waals surface area contributed by atoms with E-state index in [4.69, 9.17) is 0 Å². The summed E-state index contributed by atoms with van der Waals surface area (Å²) in [5.74, 6) is -0.316. The van der Waals surface area contributed by atoms with Crippen LogP contribution in [-0.2, 0) is 0 Å². The van der Waals surface area contributed by atoms with Crippen LogP contribution < -0.4 is 0 Å². The molecule has 56 valence electrons. The zero-order valence-electron chi connectivity index (χ0n) is 5.44. The molecule has 0 amide bonds. The van der Waals surface area contributed by atoms with Gasteiger partial charge in [-0.2, -0.15) is 0 Å². The van der Waals surface area contributed by atoms with Crippen LogP contribution in [0.5, 0.6) is 0 Å². The van der Waals surface area contributed by atoms with Gasteiger partial charge in [0, 0.05) is 11.6 Å². The SMILES string of the molecule is Fc1c(Br)ncc2[nH]ccc12. The first-order valence-electron chi connectivity index (χ1n) is 3.06. The van der Waals surface area contributed by atoms with Gasteiger partial charge in [0.25, 0.3) is 0 Å². The predicted molar refractivity (Wildman–Crippen MR) is 43.8 cm³/mol. The van der Waals surface area contributed by atoms with E-state index in [0.29, 0.717) is 10.9 Å². The molecule has 2 rings (SSSR count). The number of aromatic amines is 1. The monoisotopic (exact) mass is 214 g/mol. The van der Waals surface area contributed by atoms with Crippen molar-refractivity contribution in [3.8, 4) is 0 Å². The van der Waals surface area contributed by atoms with Crippen molar-refractivity contribution in [2.75, 3.05) is 0 Å². The summed E-state index contributed by atoms with van der Waals surface area (Å²) >= 11 is 3.00. The van der Waals surface area contributed by atoms with Crippen LogP contribution in [0.4, 0.5) is 4.39 Å². The van der Waals surface area contributed by atoms with Gasteiger partial charge in [0.1, 0.15) is 4.60 Å². The van der Waals surface area contributed by atoms with Gasteiger partial charge in [-0.15, -0.1) is 0 Å². The molecule has 4 heteroatoms. The Morgan fingerprint density at radius 1 is 1.55 bits per heavy atom. The van der Waals surface area contributed by atoms with Crippen LogP contribution in [0.3, 0.4) is 0 Å². The third-order valence-corrected chi connectivity index (χ3v) is 2.06. The Hall–Kier alpha value is -0.900. The summed E-state index contributed by atoms with van der Waals surface area (Å²) < 4.78 is 13.4. The second-order valence-corrected chi connectivity index (χ2v) is 2.92. The molecule has 0 aromatic carbocycles. The van der Waals surface area contributed by atoms with E-state index in [-0.39, 0.29) is 10.4 Å². The summed E-state index contributed by atoms with van der Waals surface area (Å²) in [6, 6.07) is 1.68. The highest BCUT2D eigenvalue weighted by Gasteiger charge is 2.05. The predicted octanol–water partition coefficient (Wildman–Crippen LogP) is 2.46. The summed E-state index contributed by atoms with van der Waals surface area (Å²) in [6.07, 6.45) is 3.27. The molecule has 0 atom stereocenters. The number of aromatic nitrogens is 2. The fourth-order valence-electron chi connectivity index (χ4n) is 0.970. The first kappa shape index (κ1) is 6.79. The maximum atomic E-state index is 13.1. The molecule has 0 spiro atoms. The molecule has 0 bridgehead atoms. The fraction of sp³-hybridized carbons (Fsp3) is 0. The minimum Gasteiger partial charge on any atom is -0.360 e. The molecule has 0 fully saturated rings. The topological polar surface area (TPSA) is 28.7 Å². The van der Waals surface area contributed by atoms with E-state index in [1.807, 2.05) is 0 Å². The minimum atomic E-state index is -0.316. The average molecular weight is 215 g/mol. The summed E-state index contributed by atoms with van der Waals surface area (Å²) in [7, 11) is 0. The van der Waals surface area contributed by atoms with Crippen LogP contribution in [0.15, 0.2) is 23.1 Å². The van der Waals surface area contributed by atoms with Gasteiger partial charge in [0.15, 0.2) is 5.82 Å². The molecular formula is C7H4BrFN2. The number of hydrogen-bond acceptors (Lipinski definition) is 1. The molecule has 0 unspecified atom stereocenters. The number of halogens is 2. The number of fused-ring (bicyclic) bond motifs is 1. The Bertz CT molecular complexity index is 396. The van der Waals surface area contributed by atoms with Crippen molar-refractivity contribution in [1.29, 1.82) is 0 Å². The van der Waals surface area contributed by atoms with Crippen LogP contribution in [0.1, 0.15) is 0 Å². The van der Waals surface area contributed by atoms with Crippen molar-refractivity contribution in [2.24, 2.45) is 0 Å². The third-order valence-electron chi connectivity index (χ3n) is 1.50. The molecule has 0 aliphatic rings. The number of nitrogens with zero attached hydrogens (tertiary/aromatic N) is 1. The molecule has 0 radical (unpaired) electrons. The Labute approximate surface area is 70.6 Å². The maximum Gasteiger partial charge on any atom is 0.165 e. The number of pyridine rings is 1. The smallest absolute Gasteiger partial charge is 0.165 e. The van der Waals surface area contributed by atoms with Crippen molar-refractivity contribution in [3.05, 3.63) is 28.9 Å². The van der Waals surface area contributed by atoms with Crippen LogP contribution in [-0.4, -0.2) is 9.97 Å². The molecule has 11 heavy (non-hydrogen) atoms. The molecule has 1 N–H and O–H groups in total. The molecule has 0 saturated carbocycles. The molecule has 0 aliphatic heterocycles. The first-order chi connectivity index (χ1) is 5.29. The van der Waals surface area contributed by atoms with E-state index >= 15 is 0 Å². The number of H-pyrrole nitrogens is 1. The molecule has 2 aromatic rings. The van der Waals surface area contributed by atoms with Crippen molar-refractivity contribution in [3.63, 3.8) is 0 Å². The van der Waals surface area contributed by atoms with E-state index in [1.165, 1.54) is 0 Å². The number of hydrogen-bond donors (Lipinski definition) is 1. The highest BCUT2D eigenvalue weighted by atomic mass is 79.9. The highest BCUT2D eigenvalue weighted by molar-refractivity contribution is 9.10. The summed E-state index contributed by atoms with van der Waals surface area (Å²) in [5, 5.41) is 0.562. The molecule has 0 aliphatic carbocycles.